The Balaban J connectivity index is 2.51. The van der Waals surface area contributed by atoms with Gasteiger partial charge in [0.2, 0.25) is 0 Å². The van der Waals surface area contributed by atoms with Crippen LogP contribution in [0.15, 0.2) is 82.0 Å². The van der Waals surface area contributed by atoms with Crippen molar-refractivity contribution in [1.82, 2.24) is 0 Å². The number of allylic oxidation sites excluding steroid dienone is 4. The molecule has 2 rings (SSSR count). The van der Waals surface area contributed by atoms with Crippen LogP contribution in [0.1, 0.15) is 63.5 Å². The summed E-state index contributed by atoms with van der Waals surface area (Å²) >= 11 is 0. The first kappa shape index (κ1) is 28.8. The van der Waals surface area contributed by atoms with Crippen molar-refractivity contribution in [3.05, 3.63) is 93.1 Å². The van der Waals surface area contributed by atoms with Crippen molar-refractivity contribution in [2.75, 3.05) is 0 Å². The highest BCUT2D eigenvalue weighted by atomic mass is 32.2. The van der Waals surface area contributed by atoms with E-state index in [2.05, 4.69) is 0 Å². The van der Waals surface area contributed by atoms with E-state index in [1.807, 2.05) is 74.5 Å². The quantitative estimate of drug-likeness (QED) is 0.228. The van der Waals surface area contributed by atoms with Crippen LogP contribution in [0.3, 0.4) is 0 Å². The molecule has 0 amide bonds. The van der Waals surface area contributed by atoms with Gasteiger partial charge in [-0.3, -0.25) is 9.11 Å². The number of hydrogen-bond acceptors (Lipinski definition) is 5. The summed E-state index contributed by atoms with van der Waals surface area (Å²) in [4.78, 5) is -0.566. The summed E-state index contributed by atoms with van der Waals surface area (Å²) in [6.45, 7) is 3.65. The molecule has 0 radical (unpaired) electrons. The monoisotopic (exact) mass is 522 g/mol. The van der Waals surface area contributed by atoms with Gasteiger partial charge in [-0.25, -0.2) is 0 Å². The van der Waals surface area contributed by atoms with E-state index >= 15 is 0 Å². The van der Waals surface area contributed by atoms with E-state index in [9.17, 15) is 25.9 Å². The van der Waals surface area contributed by atoms with E-state index in [1.165, 1.54) is 0 Å². The van der Waals surface area contributed by atoms with Crippen LogP contribution in [0.5, 0.6) is 0 Å². The lowest BCUT2D eigenvalue weighted by Crippen LogP contribution is -2.13. The lowest BCUT2D eigenvalue weighted by molar-refractivity contribution is 0.267. The molecule has 0 aromatic heterocycles. The average Bonchev–Trinajstić information content (AvgIpc) is 2.79. The number of benzene rings is 2. The molecule has 0 aliphatic rings. The molecule has 0 unspecified atom stereocenters. The average molecular weight is 523 g/mol. The van der Waals surface area contributed by atoms with Gasteiger partial charge in [0.25, 0.3) is 20.2 Å². The molecule has 2 N–H and O–H groups in total. The smallest absolute Gasteiger partial charge is 0.293 e. The molecule has 0 aliphatic heterocycles. The van der Waals surface area contributed by atoms with E-state index < -0.39 is 20.2 Å². The molecule has 0 fully saturated rings. The van der Waals surface area contributed by atoms with Crippen molar-refractivity contribution >= 4 is 20.2 Å². The molecule has 0 bridgehead atoms. The third-order valence-electron chi connectivity index (χ3n) is 5.41. The standard InChI is InChI=1S/C26H34O7S2/c1-3-11-23(25(34(27,28)29)19-17-21-13-7-5-8-14-21)33-24(12-4-2)26(35(30,31)32)20-18-22-15-9-6-10-16-22/h5-10,13-16H,3-4,11-12,17-20H2,1-2H3,(H,27,28,29)(H,30,31,32). The highest BCUT2D eigenvalue weighted by molar-refractivity contribution is 7.90. The van der Waals surface area contributed by atoms with Gasteiger partial charge in [0.05, 0.1) is 0 Å². The molecule has 0 atom stereocenters. The van der Waals surface area contributed by atoms with Crippen molar-refractivity contribution in [2.24, 2.45) is 0 Å². The molecule has 0 aliphatic carbocycles. The minimum Gasteiger partial charge on any atom is -0.464 e. The molecule has 35 heavy (non-hydrogen) atoms. The Morgan fingerprint density at radius 1 is 0.629 bits per heavy atom. The van der Waals surface area contributed by atoms with Gasteiger partial charge in [0.15, 0.2) is 0 Å². The number of rotatable bonds is 14. The summed E-state index contributed by atoms with van der Waals surface area (Å²) in [5.41, 5.74) is 1.77. The first-order valence-corrected chi connectivity index (χ1v) is 14.6. The van der Waals surface area contributed by atoms with Gasteiger partial charge >= 0.3 is 0 Å². The van der Waals surface area contributed by atoms with Gasteiger partial charge in [-0.2, -0.15) is 16.8 Å². The fraction of sp³-hybridized carbons (Fsp3) is 0.385. The molecule has 0 saturated carbocycles. The Bertz CT molecular complexity index is 1120. The minimum atomic E-state index is -4.61. The zero-order valence-electron chi connectivity index (χ0n) is 20.2. The van der Waals surface area contributed by atoms with E-state index in [4.69, 9.17) is 4.74 Å². The first-order chi connectivity index (χ1) is 16.6. The Kier molecular flexibility index (Phi) is 11.2. The third-order valence-corrected chi connectivity index (χ3v) is 7.52. The van der Waals surface area contributed by atoms with Crippen LogP contribution in [0.2, 0.25) is 0 Å². The molecule has 0 spiro atoms. The van der Waals surface area contributed by atoms with Crippen molar-refractivity contribution < 1.29 is 30.7 Å². The number of aryl methyl sites for hydroxylation is 2. The van der Waals surface area contributed by atoms with Crippen LogP contribution in [-0.2, 0) is 37.8 Å². The van der Waals surface area contributed by atoms with Gasteiger partial charge in [0, 0.05) is 12.8 Å². The topological polar surface area (TPSA) is 118 Å². The van der Waals surface area contributed by atoms with Crippen LogP contribution in [0, 0.1) is 0 Å². The number of hydrogen-bond donors (Lipinski definition) is 2. The van der Waals surface area contributed by atoms with Gasteiger partial charge in [-0.05, 0) is 49.7 Å². The summed E-state index contributed by atoms with van der Waals surface area (Å²) in [5, 5.41) is 0. The SMILES string of the molecule is CCCC(OC(CCC)=C(CCc1ccccc1)S(=O)(=O)O)=C(CCc1ccccc1)S(=O)(=O)O. The second-order valence-corrected chi connectivity index (χ2v) is 11.1. The molecule has 2 aromatic carbocycles. The van der Waals surface area contributed by atoms with Gasteiger partial charge in [0.1, 0.15) is 21.3 Å². The summed E-state index contributed by atoms with van der Waals surface area (Å²) in [7, 11) is -9.23. The van der Waals surface area contributed by atoms with E-state index in [0.29, 0.717) is 25.7 Å². The van der Waals surface area contributed by atoms with E-state index in [1.54, 1.807) is 0 Å². The minimum absolute atomic E-state index is 0.00441. The Labute approximate surface area is 209 Å². The zero-order chi connectivity index (χ0) is 25.9. The fourth-order valence-electron chi connectivity index (χ4n) is 3.73. The summed E-state index contributed by atoms with van der Waals surface area (Å²) < 4.78 is 75.2. The summed E-state index contributed by atoms with van der Waals surface area (Å²) in [5.74, 6) is -0.00881. The Hall–Kier alpha value is -2.46. The lowest BCUT2D eigenvalue weighted by Gasteiger charge is -2.19. The maximum Gasteiger partial charge on any atom is 0.293 e. The van der Waals surface area contributed by atoms with Crippen molar-refractivity contribution in [2.45, 2.75) is 65.2 Å². The molecule has 7 nitrogen and oxygen atoms in total. The molecular formula is C26H34O7S2. The van der Waals surface area contributed by atoms with Crippen molar-refractivity contribution in [1.29, 1.82) is 0 Å². The molecule has 9 heteroatoms. The van der Waals surface area contributed by atoms with Gasteiger partial charge in [-0.15, -0.1) is 0 Å². The highest BCUT2D eigenvalue weighted by Gasteiger charge is 2.26. The molecule has 0 saturated heterocycles. The van der Waals surface area contributed by atoms with Gasteiger partial charge in [-0.1, -0.05) is 74.5 Å². The predicted octanol–water partition coefficient (Wildman–Crippen LogP) is 6.07. The largest absolute Gasteiger partial charge is 0.464 e. The van der Waals surface area contributed by atoms with Crippen molar-refractivity contribution in [3.8, 4) is 0 Å². The van der Waals surface area contributed by atoms with E-state index in [-0.39, 0.29) is 47.0 Å². The second-order valence-electron chi connectivity index (χ2n) is 8.22. The third kappa shape index (κ3) is 9.60. The fourth-order valence-corrected chi connectivity index (χ4v) is 5.31. The van der Waals surface area contributed by atoms with E-state index in [0.717, 1.165) is 11.1 Å². The maximum atomic E-state index is 12.3. The second kappa shape index (κ2) is 13.6. The zero-order valence-corrected chi connectivity index (χ0v) is 21.8. The highest BCUT2D eigenvalue weighted by Crippen LogP contribution is 2.30. The maximum absolute atomic E-state index is 12.3. The normalized spacial score (nSPS) is 13.7. The van der Waals surface area contributed by atoms with Crippen LogP contribution in [0.25, 0.3) is 0 Å². The summed E-state index contributed by atoms with van der Waals surface area (Å²) in [6.07, 6.45) is 2.03. The van der Waals surface area contributed by atoms with Crippen LogP contribution >= 0.6 is 0 Å². The van der Waals surface area contributed by atoms with Crippen molar-refractivity contribution in [3.63, 3.8) is 0 Å². The Morgan fingerprint density at radius 3 is 1.26 bits per heavy atom. The molecular weight excluding hydrogens is 488 g/mol. The predicted molar refractivity (Wildman–Crippen MR) is 138 cm³/mol. The van der Waals surface area contributed by atoms with Crippen LogP contribution in [0.4, 0.5) is 0 Å². The first-order valence-electron chi connectivity index (χ1n) is 11.7. The number of ether oxygens (including phenoxy) is 1. The lowest BCUT2D eigenvalue weighted by atomic mass is 10.1. The molecule has 192 valence electrons. The Morgan fingerprint density at radius 2 is 0.971 bits per heavy atom. The molecule has 0 heterocycles. The van der Waals surface area contributed by atoms with Gasteiger partial charge < -0.3 is 4.74 Å². The molecule has 2 aromatic rings. The van der Waals surface area contributed by atoms with Crippen LogP contribution < -0.4 is 0 Å². The van der Waals surface area contributed by atoms with Crippen LogP contribution in [-0.4, -0.2) is 25.9 Å². The summed E-state index contributed by atoms with van der Waals surface area (Å²) in [6, 6.07) is 18.5.